The number of aliphatic hydroxyl groups is 2. The number of hydrogen-bond donors (Lipinski definition) is 3. The summed E-state index contributed by atoms with van der Waals surface area (Å²) >= 11 is 0. The van der Waals surface area contributed by atoms with Crippen LogP contribution in [0.5, 0.6) is 0 Å². The minimum absolute atomic E-state index is 0.00634. The topological polar surface area (TPSA) is 52.5 Å². The van der Waals surface area contributed by atoms with Gasteiger partial charge in [0.2, 0.25) is 0 Å². The van der Waals surface area contributed by atoms with Gasteiger partial charge in [-0.3, -0.25) is 0 Å². The molecular formula is C14H29NO2. The van der Waals surface area contributed by atoms with Gasteiger partial charge in [-0.25, -0.2) is 0 Å². The summed E-state index contributed by atoms with van der Waals surface area (Å²) in [6.07, 6.45) is 6.18. The lowest BCUT2D eigenvalue weighted by molar-refractivity contribution is 0.0914. The van der Waals surface area contributed by atoms with Gasteiger partial charge in [-0.05, 0) is 38.0 Å². The Labute approximate surface area is 106 Å². The Morgan fingerprint density at radius 1 is 1.12 bits per heavy atom. The first kappa shape index (κ1) is 14.9. The third-order valence-electron chi connectivity index (χ3n) is 4.21. The van der Waals surface area contributed by atoms with Gasteiger partial charge in [0.1, 0.15) is 0 Å². The molecule has 0 aromatic carbocycles. The molecule has 0 heterocycles. The van der Waals surface area contributed by atoms with Crippen LogP contribution in [0.25, 0.3) is 0 Å². The Morgan fingerprint density at radius 2 is 1.76 bits per heavy atom. The van der Waals surface area contributed by atoms with Crippen LogP contribution in [-0.4, -0.2) is 35.0 Å². The second-order valence-electron chi connectivity index (χ2n) is 6.23. The minimum Gasteiger partial charge on any atom is -0.394 e. The maximum atomic E-state index is 9.30. The van der Waals surface area contributed by atoms with E-state index >= 15 is 0 Å². The Hall–Kier alpha value is -0.120. The summed E-state index contributed by atoms with van der Waals surface area (Å²) in [7, 11) is 0. The molecule has 0 aromatic heterocycles. The zero-order valence-electron chi connectivity index (χ0n) is 11.6. The van der Waals surface area contributed by atoms with Crippen LogP contribution >= 0.6 is 0 Å². The van der Waals surface area contributed by atoms with Crippen LogP contribution in [0.4, 0.5) is 0 Å². The van der Waals surface area contributed by atoms with E-state index in [0.717, 1.165) is 11.8 Å². The van der Waals surface area contributed by atoms with Gasteiger partial charge in [0.25, 0.3) is 0 Å². The van der Waals surface area contributed by atoms with Gasteiger partial charge in [0, 0.05) is 6.04 Å². The summed E-state index contributed by atoms with van der Waals surface area (Å²) in [4.78, 5) is 0. The van der Waals surface area contributed by atoms with E-state index in [1.807, 2.05) is 6.92 Å². The molecule has 102 valence electrons. The highest BCUT2D eigenvalue weighted by Gasteiger charge is 2.28. The van der Waals surface area contributed by atoms with Crippen molar-refractivity contribution in [2.45, 2.75) is 64.5 Å². The van der Waals surface area contributed by atoms with E-state index in [4.69, 9.17) is 0 Å². The minimum atomic E-state index is -0.525. The number of rotatable bonds is 5. The number of hydrogen-bond acceptors (Lipinski definition) is 3. The molecular weight excluding hydrogens is 214 g/mol. The van der Waals surface area contributed by atoms with E-state index in [9.17, 15) is 10.2 Å². The predicted molar refractivity (Wildman–Crippen MR) is 70.9 cm³/mol. The number of nitrogens with one attached hydrogen (secondary N) is 1. The zero-order chi connectivity index (χ0) is 12.9. The molecule has 0 amide bonds. The summed E-state index contributed by atoms with van der Waals surface area (Å²) in [5.74, 6) is 1.62. The van der Waals surface area contributed by atoms with Gasteiger partial charge in [-0.15, -0.1) is 0 Å². The van der Waals surface area contributed by atoms with E-state index in [-0.39, 0.29) is 13.2 Å². The van der Waals surface area contributed by atoms with Crippen LogP contribution < -0.4 is 5.32 Å². The first-order valence-corrected chi connectivity index (χ1v) is 7.00. The Balaban J connectivity index is 2.46. The maximum Gasteiger partial charge on any atom is 0.0633 e. The van der Waals surface area contributed by atoms with Crippen LogP contribution in [0.1, 0.15) is 52.9 Å². The summed E-state index contributed by atoms with van der Waals surface area (Å²) in [5, 5.41) is 22.0. The second-order valence-corrected chi connectivity index (χ2v) is 6.23. The quantitative estimate of drug-likeness (QED) is 0.647. The fourth-order valence-electron chi connectivity index (χ4n) is 2.78. The van der Waals surface area contributed by atoms with Gasteiger partial charge in [0.05, 0.1) is 18.8 Å². The molecule has 3 nitrogen and oxygen atoms in total. The summed E-state index contributed by atoms with van der Waals surface area (Å²) in [6.45, 7) is 6.49. The molecule has 17 heavy (non-hydrogen) atoms. The predicted octanol–water partition coefficient (Wildman–Crippen LogP) is 1.92. The molecule has 2 atom stereocenters. The van der Waals surface area contributed by atoms with Gasteiger partial charge in [-0.2, -0.15) is 0 Å². The summed E-state index contributed by atoms with van der Waals surface area (Å²) in [5.41, 5.74) is -0.525. The lowest BCUT2D eigenvalue weighted by atomic mass is 9.89. The van der Waals surface area contributed by atoms with Crippen molar-refractivity contribution in [3.8, 4) is 0 Å². The van der Waals surface area contributed by atoms with Crippen molar-refractivity contribution >= 4 is 0 Å². The molecule has 1 aliphatic rings. The molecule has 0 bridgehead atoms. The molecule has 2 unspecified atom stereocenters. The van der Waals surface area contributed by atoms with E-state index < -0.39 is 5.54 Å². The van der Waals surface area contributed by atoms with Gasteiger partial charge in [0.15, 0.2) is 0 Å². The van der Waals surface area contributed by atoms with Crippen LogP contribution in [0.2, 0.25) is 0 Å². The lowest BCUT2D eigenvalue weighted by Gasteiger charge is -2.31. The Bertz CT molecular complexity index is 214. The average molecular weight is 243 g/mol. The molecule has 0 saturated heterocycles. The molecule has 3 heteroatoms. The zero-order valence-corrected chi connectivity index (χ0v) is 11.6. The standard InChI is InChI=1S/C14H29NO2/c1-11(2)12-5-4-6-13(8-7-12)15-14(3,9-16)10-17/h11-13,15-17H,4-10H2,1-3H3. The maximum absolute atomic E-state index is 9.30. The van der Waals surface area contributed by atoms with E-state index in [0.29, 0.717) is 6.04 Å². The molecule has 0 radical (unpaired) electrons. The van der Waals surface area contributed by atoms with Crippen LogP contribution in [0.3, 0.4) is 0 Å². The van der Waals surface area contributed by atoms with E-state index in [1.54, 1.807) is 0 Å². The molecule has 3 N–H and O–H groups in total. The Kier molecular flexibility index (Phi) is 5.90. The fourth-order valence-corrected chi connectivity index (χ4v) is 2.78. The largest absolute Gasteiger partial charge is 0.394 e. The molecule has 1 rings (SSSR count). The van der Waals surface area contributed by atoms with Crippen molar-refractivity contribution in [1.82, 2.24) is 5.32 Å². The van der Waals surface area contributed by atoms with Crippen molar-refractivity contribution < 1.29 is 10.2 Å². The van der Waals surface area contributed by atoms with Crippen molar-refractivity contribution in [1.29, 1.82) is 0 Å². The highest BCUT2D eigenvalue weighted by molar-refractivity contribution is 4.87. The molecule has 1 fully saturated rings. The van der Waals surface area contributed by atoms with Crippen molar-refractivity contribution in [3.63, 3.8) is 0 Å². The third-order valence-corrected chi connectivity index (χ3v) is 4.21. The smallest absolute Gasteiger partial charge is 0.0633 e. The van der Waals surface area contributed by atoms with E-state index in [2.05, 4.69) is 19.2 Å². The molecule has 0 spiro atoms. The van der Waals surface area contributed by atoms with Crippen LogP contribution in [0.15, 0.2) is 0 Å². The van der Waals surface area contributed by atoms with Crippen molar-refractivity contribution in [3.05, 3.63) is 0 Å². The highest BCUT2D eigenvalue weighted by atomic mass is 16.3. The third kappa shape index (κ3) is 4.57. The first-order valence-electron chi connectivity index (χ1n) is 7.00. The van der Waals surface area contributed by atoms with Gasteiger partial charge >= 0.3 is 0 Å². The lowest BCUT2D eigenvalue weighted by Crippen LogP contribution is -2.53. The monoisotopic (exact) mass is 243 g/mol. The summed E-state index contributed by atoms with van der Waals surface area (Å²) < 4.78 is 0. The number of aliphatic hydroxyl groups excluding tert-OH is 2. The fraction of sp³-hybridized carbons (Fsp3) is 1.00. The van der Waals surface area contributed by atoms with E-state index in [1.165, 1.54) is 32.1 Å². The molecule has 1 aliphatic carbocycles. The average Bonchev–Trinajstić information content (AvgIpc) is 2.54. The first-order chi connectivity index (χ1) is 8.00. The van der Waals surface area contributed by atoms with Crippen LogP contribution in [-0.2, 0) is 0 Å². The second kappa shape index (κ2) is 6.72. The summed E-state index contributed by atoms with van der Waals surface area (Å²) in [6, 6.07) is 0.447. The van der Waals surface area contributed by atoms with Gasteiger partial charge < -0.3 is 15.5 Å². The molecule has 0 aliphatic heterocycles. The molecule has 0 aromatic rings. The normalized spacial score (nSPS) is 27.2. The molecule has 1 saturated carbocycles. The van der Waals surface area contributed by atoms with Gasteiger partial charge in [-0.1, -0.05) is 26.7 Å². The van der Waals surface area contributed by atoms with Crippen LogP contribution in [0, 0.1) is 11.8 Å². The SMILES string of the molecule is CC(C)C1CCCC(NC(C)(CO)CO)CC1. The highest BCUT2D eigenvalue weighted by Crippen LogP contribution is 2.29. The Morgan fingerprint density at radius 3 is 2.29 bits per heavy atom. The van der Waals surface area contributed by atoms with Crippen molar-refractivity contribution in [2.24, 2.45) is 11.8 Å². The van der Waals surface area contributed by atoms with Crippen molar-refractivity contribution in [2.75, 3.05) is 13.2 Å².